The van der Waals surface area contributed by atoms with Crippen molar-refractivity contribution in [3.63, 3.8) is 0 Å². The van der Waals surface area contributed by atoms with Crippen LogP contribution in [-0.2, 0) is 49.7 Å². The first-order valence-corrected chi connectivity index (χ1v) is 18.9. The number of nitrogens with two attached hydrogens (primary N) is 1. The summed E-state index contributed by atoms with van der Waals surface area (Å²) >= 11 is 0. The van der Waals surface area contributed by atoms with E-state index in [0.29, 0.717) is 9.13 Å². The SMILES string of the molecule is Nc1ccn([C@@H]2O[C@H](COP(=O)(O)OP(=O)(O)OP(=O)(O)OP(=O)(O)OC[C@H]3O[C@@H](n4ccc(=O)[nH]c4=O)C(O)C3O)C(O)C2O)c(=O)n1. The number of hydrogen-bond donors (Lipinski definition) is 10. The molecular formula is C18H27N5O22P4. The molecule has 12 atom stereocenters. The van der Waals surface area contributed by atoms with Crippen molar-refractivity contribution in [1.82, 2.24) is 19.1 Å². The van der Waals surface area contributed by atoms with Crippen LogP contribution in [0.2, 0.25) is 0 Å². The number of phosphoric acid groups is 4. The lowest BCUT2D eigenvalue weighted by atomic mass is 10.1. The van der Waals surface area contributed by atoms with Gasteiger partial charge in [-0.3, -0.25) is 28.0 Å². The Morgan fingerprint density at radius 3 is 1.59 bits per heavy atom. The Morgan fingerprint density at radius 2 is 1.14 bits per heavy atom. The summed E-state index contributed by atoms with van der Waals surface area (Å²) in [4.78, 5) is 79.5. The molecule has 0 spiro atoms. The predicted octanol–water partition coefficient (Wildman–Crippen LogP) is -3.90. The first kappa shape index (κ1) is 39.5. The van der Waals surface area contributed by atoms with Gasteiger partial charge in [0.15, 0.2) is 12.5 Å². The molecule has 4 rings (SSSR count). The van der Waals surface area contributed by atoms with Gasteiger partial charge >= 0.3 is 42.7 Å². The van der Waals surface area contributed by atoms with Gasteiger partial charge in [-0.15, -0.1) is 0 Å². The first-order chi connectivity index (χ1) is 22.5. The number of ether oxygens (including phenoxy) is 2. The second-order valence-corrected chi connectivity index (χ2v) is 16.1. The van der Waals surface area contributed by atoms with Crippen LogP contribution in [0.4, 0.5) is 5.82 Å². The lowest BCUT2D eigenvalue weighted by Crippen LogP contribution is -2.37. The molecule has 2 aromatic heterocycles. The highest BCUT2D eigenvalue weighted by atomic mass is 31.3. The smallest absolute Gasteiger partial charge is 0.387 e. The van der Waals surface area contributed by atoms with Gasteiger partial charge in [0.1, 0.15) is 42.4 Å². The van der Waals surface area contributed by atoms with E-state index in [2.05, 4.69) is 27.0 Å². The van der Waals surface area contributed by atoms with E-state index in [4.69, 9.17) is 15.2 Å². The molecule has 4 heterocycles. The highest BCUT2D eigenvalue weighted by Crippen LogP contribution is 2.71. The highest BCUT2D eigenvalue weighted by Gasteiger charge is 2.50. The molecule has 276 valence electrons. The number of nitrogens with zero attached hydrogens (tertiary/aromatic N) is 3. The number of aliphatic hydroxyl groups is 4. The van der Waals surface area contributed by atoms with E-state index in [1.54, 1.807) is 0 Å². The van der Waals surface area contributed by atoms with Gasteiger partial charge in [0.2, 0.25) is 0 Å². The van der Waals surface area contributed by atoms with Crippen molar-refractivity contribution in [1.29, 1.82) is 0 Å². The highest BCUT2D eigenvalue weighted by molar-refractivity contribution is 7.69. The normalized spacial score (nSPS) is 32.2. The van der Waals surface area contributed by atoms with Crippen molar-refractivity contribution in [3.8, 4) is 0 Å². The van der Waals surface area contributed by atoms with E-state index in [9.17, 15) is 72.6 Å². The van der Waals surface area contributed by atoms with Gasteiger partial charge in [-0.25, -0.2) is 27.8 Å². The van der Waals surface area contributed by atoms with Crippen molar-refractivity contribution in [2.45, 2.75) is 49.1 Å². The minimum absolute atomic E-state index is 0.187. The standard InChI is InChI=1S/C18H27N5O22P4/c19-9-1-3-22(17(29)20-9)15-13(27)11(25)7(41-15)5-39-46(31,32)43-48(35,36)45-49(37,38)44-47(33,34)40-6-8-12(26)14(28)16(42-8)23-4-2-10(24)21-18(23)30/h1-4,7-8,11-16,25-28H,5-6H2,(H,31,32)(H,33,34)(H,35,36)(H,37,38)(H2,19,20,29)(H,21,24,30)/t7-,8-,11?,12?,13?,14?,15-,16-/m1/s1. The molecule has 27 nitrogen and oxygen atoms in total. The predicted molar refractivity (Wildman–Crippen MR) is 151 cm³/mol. The van der Waals surface area contributed by atoms with Crippen molar-refractivity contribution in [3.05, 3.63) is 55.8 Å². The second-order valence-electron chi connectivity index (χ2n) is 9.86. The molecule has 49 heavy (non-hydrogen) atoms. The summed E-state index contributed by atoms with van der Waals surface area (Å²) in [5, 5.41) is 40.8. The lowest BCUT2D eigenvalue weighted by molar-refractivity contribution is -0.0543. The number of aromatic amines is 1. The van der Waals surface area contributed by atoms with Gasteiger partial charge in [-0.2, -0.15) is 17.9 Å². The molecule has 0 saturated carbocycles. The fourth-order valence-corrected chi connectivity index (χ4v) is 9.20. The maximum Gasteiger partial charge on any atom is 0.490 e. The van der Waals surface area contributed by atoms with Gasteiger partial charge in [0.25, 0.3) is 5.56 Å². The number of anilines is 1. The number of hydrogen-bond acceptors (Lipinski definition) is 20. The molecule has 2 saturated heterocycles. The van der Waals surface area contributed by atoms with Gasteiger partial charge in [0, 0.05) is 18.5 Å². The van der Waals surface area contributed by atoms with Crippen LogP contribution in [-0.4, -0.2) is 109 Å². The lowest BCUT2D eigenvalue weighted by Gasteiger charge is -2.21. The molecular weight excluding hydrogens is 762 g/mol. The zero-order valence-corrected chi connectivity index (χ0v) is 27.4. The summed E-state index contributed by atoms with van der Waals surface area (Å²) in [6.07, 6.45) is -12.3. The number of aliphatic hydroxyl groups excluding tert-OH is 4. The molecule has 8 unspecified atom stereocenters. The van der Waals surface area contributed by atoms with Crippen molar-refractivity contribution < 1.29 is 89.7 Å². The first-order valence-electron chi connectivity index (χ1n) is 12.9. The Hall–Kier alpha value is -2.32. The second kappa shape index (κ2) is 14.7. The molecule has 0 bridgehead atoms. The Labute approximate surface area is 270 Å². The summed E-state index contributed by atoms with van der Waals surface area (Å²) in [5.41, 5.74) is 2.47. The minimum atomic E-state index is -6.23. The third-order valence-corrected chi connectivity index (χ3v) is 12.3. The largest absolute Gasteiger partial charge is 0.490 e. The average molecular weight is 789 g/mol. The summed E-state index contributed by atoms with van der Waals surface area (Å²) in [5.74, 6) is -0.187. The Bertz CT molecular complexity index is 1900. The number of rotatable bonds is 14. The van der Waals surface area contributed by atoms with E-state index in [-0.39, 0.29) is 5.82 Å². The number of nitrogen functional groups attached to an aromatic ring is 1. The molecule has 2 aromatic rings. The molecule has 2 aliphatic heterocycles. The number of aromatic nitrogens is 4. The molecule has 2 fully saturated rings. The van der Waals surface area contributed by atoms with Crippen LogP contribution >= 0.6 is 31.3 Å². The zero-order valence-electron chi connectivity index (χ0n) is 23.8. The average Bonchev–Trinajstić information content (AvgIpc) is 3.38. The summed E-state index contributed by atoms with van der Waals surface area (Å²) < 4.78 is 80.7. The van der Waals surface area contributed by atoms with E-state index < -0.39 is 111 Å². The number of phosphoric ester groups is 2. The summed E-state index contributed by atoms with van der Waals surface area (Å²) in [6, 6.07) is 2.01. The van der Waals surface area contributed by atoms with E-state index in [1.165, 1.54) is 0 Å². The van der Waals surface area contributed by atoms with Crippen LogP contribution in [0, 0.1) is 0 Å². The Balaban J connectivity index is 1.30. The monoisotopic (exact) mass is 789 g/mol. The van der Waals surface area contributed by atoms with Crippen molar-refractivity contribution >= 4 is 37.1 Å². The van der Waals surface area contributed by atoms with E-state index >= 15 is 0 Å². The van der Waals surface area contributed by atoms with E-state index in [1.807, 2.05) is 4.98 Å². The maximum atomic E-state index is 12.2. The van der Waals surface area contributed by atoms with Crippen molar-refractivity contribution in [2.24, 2.45) is 0 Å². The third-order valence-electron chi connectivity index (χ3n) is 6.35. The van der Waals surface area contributed by atoms with Crippen molar-refractivity contribution in [2.75, 3.05) is 18.9 Å². The van der Waals surface area contributed by atoms with Crippen LogP contribution in [0.15, 0.2) is 38.9 Å². The molecule has 31 heteroatoms. The molecule has 2 aliphatic rings. The quantitative estimate of drug-likeness (QED) is 0.0818. The fourth-order valence-electron chi connectivity index (χ4n) is 4.24. The summed E-state index contributed by atoms with van der Waals surface area (Å²) in [7, 11) is -24.1. The fraction of sp³-hybridized carbons (Fsp3) is 0.556. The van der Waals surface area contributed by atoms with Crippen LogP contribution in [0.3, 0.4) is 0 Å². The number of H-pyrrole nitrogens is 1. The third kappa shape index (κ3) is 9.93. The van der Waals surface area contributed by atoms with Gasteiger partial charge in [-0.1, -0.05) is 0 Å². The Morgan fingerprint density at radius 1 is 0.714 bits per heavy atom. The molecule has 11 N–H and O–H groups in total. The topological polar surface area (TPSA) is 410 Å². The van der Waals surface area contributed by atoms with E-state index in [0.717, 1.165) is 24.5 Å². The molecule has 0 aromatic carbocycles. The minimum Gasteiger partial charge on any atom is -0.387 e. The van der Waals surface area contributed by atoms with Gasteiger partial charge < -0.3 is 55.2 Å². The van der Waals surface area contributed by atoms with Crippen LogP contribution in [0.25, 0.3) is 0 Å². The van der Waals surface area contributed by atoms with Crippen LogP contribution in [0.5, 0.6) is 0 Å². The maximum absolute atomic E-state index is 12.2. The molecule has 0 aliphatic carbocycles. The van der Waals surface area contributed by atoms with Crippen LogP contribution in [0.1, 0.15) is 12.5 Å². The molecule has 0 radical (unpaired) electrons. The Kier molecular flexibility index (Phi) is 11.9. The summed E-state index contributed by atoms with van der Waals surface area (Å²) in [6.45, 7) is -2.39. The van der Waals surface area contributed by atoms with Crippen LogP contribution < -0.4 is 22.7 Å². The van der Waals surface area contributed by atoms with Gasteiger partial charge in [-0.05, 0) is 6.07 Å². The number of nitrogens with one attached hydrogen (secondary N) is 1. The molecule has 0 amide bonds. The van der Waals surface area contributed by atoms with Gasteiger partial charge in [0.05, 0.1) is 13.2 Å². The zero-order chi connectivity index (χ0) is 36.7.